The fourth-order valence-electron chi connectivity index (χ4n) is 1.12. The third-order valence-corrected chi connectivity index (χ3v) is 1.87. The van der Waals surface area contributed by atoms with Gasteiger partial charge in [0.05, 0.1) is 0 Å². The molecule has 0 aliphatic carbocycles. The van der Waals surface area contributed by atoms with Crippen LogP contribution in [0.15, 0.2) is 6.33 Å². The van der Waals surface area contributed by atoms with Crippen LogP contribution in [-0.2, 0) is 20.9 Å². The predicted molar refractivity (Wildman–Crippen MR) is 58.7 cm³/mol. The molecule has 0 radical (unpaired) electrons. The zero-order valence-electron chi connectivity index (χ0n) is 9.71. The van der Waals surface area contributed by atoms with Gasteiger partial charge in [-0.1, -0.05) is 0 Å². The van der Waals surface area contributed by atoms with Crippen LogP contribution in [0.1, 0.15) is 13.8 Å². The summed E-state index contributed by atoms with van der Waals surface area (Å²) in [6.07, 6.45) is 0.483. The number of amides is 1. The van der Waals surface area contributed by atoms with Gasteiger partial charge in [0.15, 0.2) is 6.10 Å². The lowest BCUT2D eigenvalue weighted by Gasteiger charge is -2.12. The maximum absolute atomic E-state index is 11.4. The highest BCUT2D eigenvalue weighted by atomic mass is 16.5. The SMILES string of the molecule is CCNC(=O)C(C)OC(=O)Cn1cnc(N)n1. The summed E-state index contributed by atoms with van der Waals surface area (Å²) in [7, 11) is 0. The molecule has 0 fully saturated rings. The molecule has 0 saturated heterocycles. The van der Waals surface area contributed by atoms with Crippen LogP contribution in [-0.4, -0.2) is 39.3 Å². The normalized spacial score (nSPS) is 11.9. The lowest BCUT2D eigenvalue weighted by atomic mass is 10.4. The molecule has 1 aromatic rings. The molecular formula is C9H15N5O3. The van der Waals surface area contributed by atoms with Crippen LogP contribution in [0.5, 0.6) is 0 Å². The Balaban J connectivity index is 2.41. The van der Waals surface area contributed by atoms with Crippen molar-refractivity contribution >= 4 is 17.8 Å². The Labute approximate surface area is 98.1 Å². The van der Waals surface area contributed by atoms with E-state index in [0.29, 0.717) is 6.54 Å². The van der Waals surface area contributed by atoms with Crippen LogP contribution in [0.4, 0.5) is 5.95 Å². The van der Waals surface area contributed by atoms with Crippen molar-refractivity contribution in [3.63, 3.8) is 0 Å². The summed E-state index contributed by atoms with van der Waals surface area (Å²) in [6.45, 7) is 3.64. The molecule has 1 unspecified atom stereocenters. The van der Waals surface area contributed by atoms with E-state index in [9.17, 15) is 9.59 Å². The number of nitrogens with two attached hydrogens (primary N) is 1. The molecule has 0 bridgehead atoms. The largest absolute Gasteiger partial charge is 0.451 e. The molecule has 0 aromatic carbocycles. The molecule has 1 heterocycles. The Morgan fingerprint density at radius 2 is 2.35 bits per heavy atom. The Hall–Kier alpha value is -2.12. The van der Waals surface area contributed by atoms with Crippen LogP contribution in [0.25, 0.3) is 0 Å². The summed E-state index contributed by atoms with van der Waals surface area (Å²) >= 11 is 0. The second kappa shape index (κ2) is 5.83. The molecule has 8 heteroatoms. The zero-order chi connectivity index (χ0) is 12.8. The first-order valence-corrected chi connectivity index (χ1v) is 5.15. The highest BCUT2D eigenvalue weighted by molar-refractivity contribution is 5.83. The summed E-state index contributed by atoms with van der Waals surface area (Å²) in [5.74, 6) is -0.831. The molecule has 1 atom stereocenters. The van der Waals surface area contributed by atoms with Crippen molar-refractivity contribution in [3.8, 4) is 0 Å². The molecule has 1 rings (SSSR count). The number of hydrogen-bond acceptors (Lipinski definition) is 6. The minimum Gasteiger partial charge on any atom is -0.451 e. The molecule has 1 amide bonds. The summed E-state index contributed by atoms with van der Waals surface area (Å²) < 4.78 is 6.14. The van der Waals surface area contributed by atoms with Crippen molar-refractivity contribution in [2.45, 2.75) is 26.5 Å². The number of ether oxygens (including phenoxy) is 1. The smallest absolute Gasteiger partial charge is 0.328 e. The molecule has 0 saturated carbocycles. The Morgan fingerprint density at radius 3 is 2.88 bits per heavy atom. The number of hydrogen-bond donors (Lipinski definition) is 2. The van der Waals surface area contributed by atoms with Gasteiger partial charge in [-0.25, -0.2) is 9.67 Å². The third-order valence-electron chi connectivity index (χ3n) is 1.87. The standard InChI is InChI=1S/C9H15N5O3/c1-3-11-8(16)6(2)17-7(15)4-14-5-12-9(10)13-14/h5-6H,3-4H2,1-2H3,(H2,10,13)(H,11,16). The van der Waals surface area contributed by atoms with Gasteiger partial charge in [0, 0.05) is 6.54 Å². The van der Waals surface area contributed by atoms with Gasteiger partial charge in [0.2, 0.25) is 5.95 Å². The highest BCUT2D eigenvalue weighted by Gasteiger charge is 2.17. The first-order chi connectivity index (χ1) is 8.02. The zero-order valence-corrected chi connectivity index (χ0v) is 9.71. The molecular weight excluding hydrogens is 226 g/mol. The number of carbonyl (C=O) groups excluding carboxylic acids is 2. The number of anilines is 1. The van der Waals surface area contributed by atoms with Crippen LogP contribution >= 0.6 is 0 Å². The Morgan fingerprint density at radius 1 is 1.65 bits per heavy atom. The van der Waals surface area contributed by atoms with Crippen molar-refractivity contribution in [2.24, 2.45) is 0 Å². The van der Waals surface area contributed by atoms with Crippen molar-refractivity contribution < 1.29 is 14.3 Å². The lowest BCUT2D eigenvalue weighted by Crippen LogP contribution is -2.36. The van der Waals surface area contributed by atoms with E-state index in [1.807, 2.05) is 0 Å². The molecule has 0 aliphatic rings. The van der Waals surface area contributed by atoms with Gasteiger partial charge in [-0.3, -0.25) is 9.59 Å². The van der Waals surface area contributed by atoms with E-state index in [1.54, 1.807) is 6.92 Å². The van der Waals surface area contributed by atoms with Gasteiger partial charge in [0.25, 0.3) is 5.91 Å². The van der Waals surface area contributed by atoms with Gasteiger partial charge in [0.1, 0.15) is 12.9 Å². The van der Waals surface area contributed by atoms with E-state index in [0.717, 1.165) is 0 Å². The number of nitrogens with one attached hydrogen (secondary N) is 1. The third kappa shape index (κ3) is 4.09. The first kappa shape index (κ1) is 12.9. The number of likely N-dealkylation sites (N-methyl/N-ethyl adjacent to an activating group) is 1. The number of rotatable bonds is 5. The first-order valence-electron chi connectivity index (χ1n) is 5.15. The minimum atomic E-state index is -0.830. The van der Waals surface area contributed by atoms with Gasteiger partial charge in [-0.05, 0) is 13.8 Å². The van der Waals surface area contributed by atoms with Gasteiger partial charge in [-0.15, -0.1) is 5.10 Å². The maximum atomic E-state index is 11.4. The monoisotopic (exact) mass is 241 g/mol. The predicted octanol–water partition coefficient (Wildman–Crippen LogP) is -1.07. The summed E-state index contributed by atoms with van der Waals surface area (Å²) in [5, 5.41) is 6.27. The van der Waals surface area contributed by atoms with Gasteiger partial charge < -0.3 is 15.8 Å². The van der Waals surface area contributed by atoms with Crippen molar-refractivity contribution in [3.05, 3.63) is 6.33 Å². The van der Waals surface area contributed by atoms with E-state index in [1.165, 1.54) is 17.9 Å². The van der Waals surface area contributed by atoms with Crippen LogP contribution in [0.2, 0.25) is 0 Å². The number of nitrogens with zero attached hydrogens (tertiary/aromatic N) is 3. The fourth-order valence-corrected chi connectivity index (χ4v) is 1.12. The number of nitrogen functional groups attached to an aromatic ring is 1. The van der Waals surface area contributed by atoms with E-state index in [4.69, 9.17) is 10.5 Å². The second-order valence-electron chi connectivity index (χ2n) is 3.33. The molecule has 0 spiro atoms. The lowest BCUT2D eigenvalue weighted by molar-refractivity contribution is -0.155. The van der Waals surface area contributed by atoms with Gasteiger partial charge >= 0.3 is 5.97 Å². The van der Waals surface area contributed by atoms with Crippen molar-refractivity contribution in [1.29, 1.82) is 0 Å². The average molecular weight is 241 g/mol. The minimum absolute atomic E-state index is 0.0783. The Kier molecular flexibility index (Phi) is 4.44. The number of esters is 1. The second-order valence-corrected chi connectivity index (χ2v) is 3.33. The molecule has 1 aromatic heterocycles. The Bertz CT molecular complexity index is 403. The van der Waals surface area contributed by atoms with E-state index >= 15 is 0 Å². The molecule has 94 valence electrons. The van der Waals surface area contributed by atoms with Crippen LogP contribution in [0.3, 0.4) is 0 Å². The van der Waals surface area contributed by atoms with E-state index < -0.39 is 12.1 Å². The summed E-state index contributed by atoms with van der Waals surface area (Å²) in [5.41, 5.74) is 5.28. The fraction of sp³-hybridized carbons (Fsp3) is 0.556. The van der Waals surface area contributed by atoms with Crippen molar-refractivity contribution in [1.82, 2.24) is 20.1 Å². The molecule has 3 N–H and O–H groups in total. The average Bonchev–Trinajstić information content (AvgIpc) is 2.64. The van der Waals surface area contributed by atoms with Crippen LogP contribution < -0.4 is 11.1 Å². The quantitative estimate of drug-likeness (QED) is 0.635. The van der Waals surface area contributed by atoms with Crippen molar-refractivity contribution in [2.75, 3.05) is 12.3 Å². The summed E-state index contributed by atoms with van der Waals surface area (Å²) in [4.78, 5) is 26.4. The number of aromatic nitrogens is 3. The van der Waals surface area contributed by atoms with E-state index in [2.05, 4.69) is 15.4 Å². The molecule has 8 nitrogen and oxygen atoms in total. The topological polar surface area (TPSA) is 112 Å². The van der Waals surface area contributed by atoms with Crippen LogP contribution in [0, 0.1) is 0 Å². The van der Waals surface area contributed by atoms with Gasteiger partial charge in [-0.2, -0.15) is 0 Å². The molecule has 0 aliphatic heterocycles. The molecule has 17 heavy (non-hydrogen) atoms. The maximum Gasteiger partial charge on any atom is 0.328 e. The highest BCUT2D eigenvalue weighted by Crippen LogP contribution is 1.96. The number of carbonyl (C=O) groups is 2. The van der Waals surface area contributed by atoms with E-state index in [-0.39, 0.29) is 18.4 Å². The summed E-state index contributed by atoms with van der Waals surface area (Å²) in [6, 6.07) is 0.